The number of hydrogen-bond acceptors (Lipinski definition) is 7. The van der Waals surface area contributed by atoms with Gasteiger partial charge in [0.2, 0.25) is 0 Å². The Labute approximate surface area is 163 Å². The first-order valence-electron chi connectivity index (χ1n) is 9.64. The Hall–Kier alpha value is -2.77. The maximum Gasteiger partial charge on any atom is 0.159 e. The number of anilines is 2. The second kappa shape index (κ2) is 7.33. The lowest BCUT2D eigenvalue weighted by atomic mass is 10.1. The third-order valence-electron chi connectivity index (χ3n) is 5.42. The molecule has 0 bridgehead atoms. The molecule has 0 spiro atoms. The molecule has 1 aromatic carbocycles. The topological polar surface area (TPSA) is 72.4 Å². The Balaban J connectivity index is 1.30. The fraction of sp³-hybridized carbons (Fsp3) is 0.381. The van der Waals surface area contributed by atoms with E-state index >= 15 is 0 Å². The summed E-state index contributed by atoms with van der Waals surface area (Å²) in [5, 5.41) is 14.5. The summed E-state index contributed by atoms with van der Waals surface area (Å²) in [6.45, 7) is 4.71. The highest BCUT2D eigenvalue weighted by atomic mass is 16.6. The second-order valence-electron chi connectivity index (χ2n) is 7.39. The Morgan fingerprint density at radius 2 is 1.71 bits per heavy atom. The lowest BCUT2D eigenvalue weighted by Crippen LogP contribution is -2.31. The average Bonchev–Trinajstić information content (AvgIpc) is 3.05. The Bertz CT molecular complexity index is 951. The van der Waals surface area contributed by atoms with Crippen molar-refractivity contribution in [3.63, 3.8) is 0 Å². The number of rotatable bonds is 3. The summed E-state index contributed by atoms with van der Waals surface area (Å²) in [5.74, 6) is 0.909. The van der Waals surface area contributed by atoms with Gasteiger partial charge >= 0.3 is 0 Å². The molecule has 2 fully saturated rings. The molecule has 28 heavy (non-hydrogen) atoms. The molecule has 0 unspecified atom stereocenters. The van der Waals surface area contributed by atoms with E-state index in [1.807, 2.05) is 37.4 Å². The van der Waals surface area contributed by atoms with Crippen molar-refractivity contribution in [1.82, 2.24) is 15.2 Å². The molecule has 0 amide bonds. The van der Waals surface area contributed by atoms with Gasteiger partial charge in [0.25, 0.3) is 0 Å². The highest BCUT2D eigenvalue weighted by molar-refractivity contribution is 5.93. The van der Waals surface area contributed by atoms with Crippen LogP contribution in [-0.2, 0) is 9.47 Å². The number of aromatic nitrogens is 3. The predicted molar refractivity (Wildman–Crippen MR) is 108 cm³/mol. The lowest BCUT2D eigenvalue weighted by Gasteiger charge is -2.21. The molecule has 5 rings (SSSR count). The maximum atomic E-state index is 6.20. The van der Waals surface area contributed by atoms with E-state index in [0.29, 0.717) is 13.2 Å². The van der Waals surface area contributed by atoms with E-state index in [9.17, 15) is 0 Å². The molecule has 4 heterocycles. The van der Waals surface area contributed by atoms with Crippen molar-refractivity contribution in [2.24, 2.45) is 0 Å². The van der Waals surface area contributed by atoms with Gasteiger partial charge in [-0.2, -0.15) is 5.10 Å². The first-order valence-corrected chi connectivity index (χ1v) is 9.64. The quantitative estimate of drug-likeness (QED) is 0.751. The van der Waals surface area contributed by atoms with Crippen LogP contribution in [0.25, 0.3) is 10.8 Å². The van der Waals surface area contributed by atoms with Crippen LogP contribution in [0.15, 0.2) is 48.8 Å². The van der Waals surface area contributed by atoms with Crippen molar-refractivity contribution in [2.45, 2.75) is 25.2 Å². The SMILES string of the molecule is Cc1nnc(N2C[C@@H]3OCC(Nc4cccnc4)CO[C@H]3C2)c2ccccc12. The second-order valence-corrected chi connectivity index (χ2v) is 7.39. The van der Waals surface area contributed by atoms with Crippen molar-refractivity contribution >= 4 is 22.3 Å². The molecule has 0 radical (unpaired) electrons. The zero-order valence-corrected chi connectivity index (χ0v) is 15.8. The van der Waals surface area contributed by atoms with Crippen LogP contribution in [0.1, 0.15) is 5.69 Å². The summed E-state index contributed by atoms with van der Waals surface area (Å²) in [6, 6.07) is 12.3. The van der Waals surface area contributed by atoms with Crippen molar-refractivity contribution in [1.29, 1.82) is 0 Å². The number of benzene rings is 1. The van der Waals surface area contributed by atoms with E-state index in [1.165, 1.54) is 0 Å². The van der Waals surface area contributed by atoms with Crippen LogP contribution in [0.3, 0.4) is 0 Å². The van der Waals surface area contributed by atoms with Gasteiger partial charge in [-0.05, 0) is 19.1 Å². The van der Waals surface area contributed by atoms with Gasteiger partial charge in [0.1, 0.15) is 12.2 Å². The summed E-state index contributed by atoms with van der Waals surface area (Å²) in [5.41, 5.74) is 1.93. The first kappa shape index (κ1) is 17.3. The van der Waals surface area contributed by atoms with E-state index < -0.39 is 0 Å². The van der Waals surface area contributed by atoms with E-state index in [1.54, 1.807) is 6.20 Å². The van der Waals surface area contributed by atoms with E-state index in [-0.39, 0.29) is 18.2 Å². The van der Waals surface area contributed by atoms with Crippen molar-refractivity contribution in [3.05, 3.63) is 54.5 Å². The molecule has 3 aromatic rings. The third kappa shape index (κ3) is 3.27. The fourth-order valence-corrected chi connectivity index (χ4v) is 3.99. The summed E-state index contributed by atoms with van der Waals surface area (Å²) < 4.78 is 12.4. The van der Waals surface area contributed by atoms with Crippen molar-refractivity contribution in [3.8, 4) is 0 Å². The fourth-order valence-electron chi connectivity index (χ4n) is 3.99. The largest absolute Gasteiger partial charge is 0.376 e. The molecule has 144 valence electrons. The molecule has 7 nitrogen and oxygen atoms in total. The molecular formula is C21H23N5O2. The zero-order valence-electron chi connectivity index (χ0n) is 15.8. The van der Waals surface area contributed by atoms with E-state index in [4.69, 9.17) is 9.47 Å². The number of pyridine rings is 1. The van der Waals surface area contributed by atoms with Crippen molar-refractivity contribution < 1.29 is 9.47 Å². The van der Waals surface area contributed by atoms with Crippen LogP contribution in [0.5, 0.6) is 0 Å². The monoisotopic (exact) mass is 377 g/mol. The summed E-state index contributed by atoms with van der Waals surface area (Å²) in [6.07, 6.45) is 3.64. The zero-order chi connectivity index (χ0) is 18.9. The van der Waals surface area contributed by atoms with E-state index in [2.05, 4.69) is 37.5 Å². The molecule has 0 saturated carbocycles. The van der Waals surface area contributed by atoms with Gasteiger partial charge in [0.15, 0.2) is 5.82 Å². The lowest BCUT2D eigenvalue weighted by molar-refractivity contribution is -0.00461. The summed E-state index contributed by atoms with van der Waals surface area (Å²) >= 11 is 0. The molecule has 7 heteroatoms. The van der Waals surface area contributed by atoms with Gasteiger partial charge in [0.05, 0.1) is 30.6 Å². The maximum absolute atomic E-state index is 6.20. The standard InChI is InChI=1S/C21H23N5O2/c1-14-17-6-2-3-7-18(17)21(25-24-14)26-10-19-20(11-26)28-13-16(12-27-19)23-15-5-4-8-22-9-15/h2-9,16,19-20,23H,10-13H2,1H3/t19-,20-/m0/s1. The van der Waals surface area contributed by atoms with Crippen LogP contribution < -0.4 is 10.2 Å². The smallest absolute Gasteiger partial charge is 0.159 e. The highest BCUT2D eigenvalue weighted by Crippen LogP contribution is 2.30. The van der Waals surface area contributed by atoms with Crippen molar-refractivity contribution in [2.75, 3.05) is 36.5 Å². The minimum absolute atomic E-state index is 0.0302. The van der Waals surface area contributed by atoms with Crippen LogP contribution in [0.2, 0.25) is 0 Å². The Kier molecular flexibility index (Phi) is 4.54. The summed E-state index contributed by atoms with van der Waals surface area (Å²) in [4.78, 5) is 6.38. The van der Waals surface area contributed by atoms with Gasteiger partial charge in [-0.3, -0.25) is 4.98 Å². The number of nitrogens with zero attached hydrogens (tertiary/aromatic N) is 4. The Morgan fingerprint density at radius 3 is 2.43 bits per heavy atom. The van der Waals surface area contributed by atoms with E-state index in [0.717, 1.165) is 41.1 Å². The van der Waals surface area contributed by atoms with Gasteiger partial charge in [-0.1, -0.05) is 24.3 Å². The van der Waals surface area contributed by atoms with Crippen LogP contribution in [0, 0.1) is 6.92 Å². The predicted octanol–water partition coefficient (Wildman–Crippen LogP) is 2.42. The number of aryl methyl sites for hydroxylation is 1. The molecule has 2 aliphatic rings. The molecule has 2 saturated heterocycles. The number of fused-ring (bicyclic) bond motifs is 2. The molecule has 2 aliphatic heterocycles. The normalized spacial score (nSPS) is 22.8. The molecular weight excluding hydrogens is 354 g/mol. The Morgan fingerprint density at radius 1 is 0.964 bits per heavy atom. The van der Waals surface area contributed by atoms with Crippen LogP contribution in [-0.4, -0.2) is 59.7 Å². The van der Waals surface area contributed by atoms with Crippen LogP contribution in [0.4, 0.5) is 11.5 Å². The highest BCUT2D eigenvalue weighted by Gasteiger charge is 2.38. The molecule has 2 aromatic heterocycles. The number of hydrogen-bond donors (Lipinski definition) is 1. The van der Waals surface area contributed by atoms with Gasteiger partial charge in [-0.25, -0.2) is 0 Å². The number of nitrogens with one attached hydrogen (secondary N) is 1. The minimum Gasteiger partial charge on any atom is -0.376 e. The van der Waals surface area contributed by atoms with Gasteiger partial charge < -0.3 is 19.7 Å². The minimum atomic E-state index is 0.0302. The third-order valence-corrected chi connectivity index (χ3v) is 5.42. The summed E-state index contributed by atoms with van der Waals surface area (Å²) in [7, 11) is 0. The first-order chi connectivity index (χ1) is 13.8. The average molecular weight is 377 g/mol. The molecule has 1 N–H and O–H groups in total. The molecule has 0 aliphatic carbocycles. The van der Waals surface area contributed by atoms with Gasteiger partial charge in [0, 0.05) is 36.3 Å². The molecule has 2 atom stereocenters. The number of ether oxygens (including phenoxy) is 2. The van der Waals surface area contributed by atoms with Crippen LogP contribution >= 0.6 is 0 Å². The van der Waals surface area contributed by atoms with Gasteiger partial charge in [-0.15, -0.1) is 5.10 Å².